The number of likely N-dealkylation sites (tertiary alicyclic amines) is 1. The van der Waals surface area contributed by atoms with E-state index in [1.165, 1.54) is 6.07 Å². The topological polar surface area (TPSA) is 137 Å². The van der Waals surface area contributed by atoms with Crippen molar-refractivity contribution in [2.75, 3.05) is 26.8 Å². The number of aromatic nitrogens is 1. The lowest BCUT2D eigenvalue weighted by atomic mass is 9.83. The molecule has 2 aromatic heterocycles. The first-order valence-corrected chi connectivity index (χ1v) is 15.2. The summed E-state index contributed by atoms with van der Waals surface area (Å²) in [7, 11) is 1.62. The first-order chi connectivity index (χ1) is 21.8. The van der Waals surface area contributed by atoms with Crippen LogP contribution < -0.4 is 26.2 Å². The number of methoxy groups -OCH3 is 1. The highest BCUT2D eigenvalue weighted by Crippen LogP contribution is 2.39. The fourth-order valence-electron chi connectivity index (χ4n) is 6.73. The number of hydrogen-bond acceptors (Lipinski definition) is 8. The molecule has 2 aliphatic rings. The summed E-state index contributed by atoms with van der Waals surface area (Å²) in [5.41, 5.74) is 7.78. The molecule has 2 bridgehead atoms. The highest BCUT2D eigenvalue weighted by Gasteiger charge is 2.35. The summed E-state index contributed by atoms with van der Waals surface area (Å²) in [6.07, 6.45) is 1.43. The van der Waals surface area contributed by atoms with Crippen molar-refractivity contribution in [3.8, 4) is 17.2 Å². The second kappa shape index (κ2) is 13.0. The molecular formula is C35H37N3O7. The summed E-state index contributed by atoms with van der Waals surface area (Å²) in [5, 5.41) is 10.9. The van der Waals surface area contributed by atoms with E-state index >= 15 is 0 Å². The van der Waals surface area contributed by atoms with Crippen LogP contribution in [0.3, 0.4) is 0 Å². The van der Waals surface area contributed by atoms with Gasteiger partial charge in [0.05, 0.1) is 26.2 Å². The van der Waals surface area contributed by atoms with Gasteiger partial charge in [-0.1, -0.05) is 36.4 Å². The van der Waals surface area contributed by atoms with Crippen molar-refractivity contribution in [3.63, 3.8) is 0 Å². The number of rotatable bonds is 11. The van der Waals surface area contributed by atoms with E-state index in [0.717, 1.165) is 30.0 Å². The monoisotopic (exact) mass is 611 g/mol. The third-order valence-electron chi connectivity index (χ3n) is 8.76. The number of carbonyl (C=O) groups is 1. The fraction of sp³-hybridized carbons (Fsp3) is 0.343. The number of ether oxygens (including phenoxy) is 2. The summed E-state index contributed by atoms with van der Waals surface area (Å²) < 4.78 is 19.5. The molecule has 2 aliphatic heterocycles. The molecule has 1 saturated heterocycles. The molecule has 2 aromatic carbocycles. The van der Waals surface area contributed by atoms with Crippen molar-refractivity contribution in [3.05, 3.63) is 122 Å². The fourth-order valence-corrected chi connectivity index (χ4v) is 6.73. The van der Waals surface area contributed by atoms with E-state index in [9.17, 15) is 19.5 Å². The summed E-state index contributed by atoms with van der Waals surface area (Å²) in [6.45, 7) is 2.80. The predicted octanol–water partition coefficient (Wildman–Crippen LogP) is 3.76. The molecule has 6 rings (SSSR count). The average molecular weight is 612 g/mol. The van der Waals surface area contributed by atoms with E-state index < -0.39 is 23.0 Å². The average Bonchev–Trinajstić information content (AvgIpc) is 3.03. The van der Waals surface area contributed by atoms with E-state index in [0.29, 0.717) is 55.7 Å². The molecule has 1 amide bonds. The van der Waals surface area contributed by atoms with Crippen LogP contribution in [0.15, 0.2) is 86.8 Å². The van der Waals surface area contributed by atoms with Gasteiger partial charge in [-0.05, 0) is 42.2 Å². The quantitative estimate of drug-likeness (QED) is 0.262. The molecule has 45 heavy (non-hydrogen) atoms. The van der Waals surface area contributed by atoms with Crippen LogP contribution in [0.1, 0.15) is 53.0 Å². The molecule has 3 atom stereocenters. The smallest absolute Gasteiger partial charge is 0.250 e. The summed E-state index contributed by atoms with van der Waals surface area (Å²) in [5.74, 6) is 0.119. The molecule has 4 heterocycles. The Balaban J connectivity index is 1.24. The summed E-state index contributed by atoms with van der Waals surface area (Å²) in [6, 6.07) is 21.6. The van der Waals surface area contributed by atoms with Crippen LogP contribution in [0.5, 0.6) is 17.2 Å². The van der Waals surface area contributed by atoms with Gasteiger partial charge in [0.25, 0.3) is 5.56 Å². The number of primary amides is 1. The molecule has 3 N–H and O–H groups in total. The molecule has 10 heteroatoms. The van der Waals surface area contributed by atoms with Gasteiger partial charge >= 0.3 is 0 Å². The van der Waals surface area contributed by atoms with Crippen LogP contribution in [-0.4, -0.2) is 47.3 Å². The van der Waals surface area contributed by atoms with Crippen LogP contribution >= 0.6 is 0 Å². The number of benzene rings is 2. The lowest BCUT2D eigenvalue weighted by molar-refractivity contribution is -0.118. The van der Waals surface area contributed by atoms with Gasteiger partial charge in [-0.15, -0.1) is 0 Å². The minimum Gasteiger partial charge on any atom is -0.502 e. The van der Waals surface area contributed by atoms with Crippen molar-refractivity contribution in [2.24, 2.45) is 11.7 Å². The first kappa shape index (κ1) is 30.2. The van der Waals surface area contributed by atoms with Crippen molar-refractivity contribution in [1.29, 1.82) is 0 Å². The summed E-state index contributed by atoms with van der Waals surface area (Å²) >= 11 is 0. The van der Waals surface area contributed by atoms with Crippen molar-refractivity contribution >= 4 is 5.91 Å². The minimum absolute atomic E-state index is 0.0170. The van der Waals surface area contributed by atoms with E-state index in [2.05, 4.69) is 4.90 Å². The molecule has 0 aliphatic carbocycles. The van der Waals surface area contributed by atoms with Crippen molar-refractivity contribution in [1.82, 2.24) is 9.47 Å². The SMILES string of the molecule is COc1ccc(CCOc2ccccc2[C@H](CC(N)=O)c2oc(CN3C[C@H]4C[C@@H](C3)c3cccc(=O)n3C4)cc(=O)c2O)cc1. The Morgan fingerprint density at radius 2 is 1.84 bits per heavy atom. The molecule has 234 valence electrons. The second-order valence-corrected chi connectivity index (χ2v) is 11.9. The lowest BCUT2D eigenvalue weighted by Crippen LogP contribution is -2.46. The number of hydrogen-bond donors (Lipinski definition) is 2. The Labute approximate surface area is 260 Å². The van der Waals surface area contributed by atoms with Gasteiger partial charge in [0.1, 0.15) is 17.3 Å². The third-order valence-corrected chi connectivity index (χ3v) is 8.76. The van der Waals surface area contributed by atoms with Gasteiger partial charge in [-0.25, -0.2) is 0 Å². The molecule has 4 aromatic rings. The zero-order valence-electron chi connectivity index (χ0n) is 25.2. The third kappa shape index (κ3) is 6.66. The highest BCUT2D eigenvalue weighted by molar-refractivity contribution is 5.75. The van der Waals surface area contributed by atoms with Gasteiger partial charge < -0.3 is 29.3 Å². The maximum absolute atomic E-state index is 13.1. The Kier molecular flexibility index (Phi) is 8.75. The maximum atomic E-state index is 13.1. The number of amides is 1. The van der Waals surface area contributed by atoms with Crippen LogP contribution in [-0.2, 0) is 24.3 Å². The van der Waals surface area contributed by atoms with E-state index in [1.807, 2.05) is 41.0 Å². The molecular weight excluding hydrogens is 574 g/mol. The van der Waals surface area contributed by atoms with Crippen LogP contribution in [0.25, 0.3) is 0 Å². The number of nitrogens with zero attached hydrogens (tertiary/aromatic N) is 2. The highest BCUT2D eigenvalue weighted by atomic mass is 16.5. The van der Waals surface area contributed by atoms with Gasteiger partial charge in [0.15, 0.2) is 5.76 Å². The number of pyridine rings is 1. The lowest BCUT2D eigenvalue weighted by Gasteiger charge is -2.42. The van der Waals surface area contributed by atoms with Gasteiger partial charge in [-0.2, -0.15) is 0 Å². The number of aromatic hydroxyl groups is 1. The standard InChI is InChI=1S/C35H37N3O7/c1-43-25-11-9-22(10-12-25)13-14-44-31-7-3-2-5-27(31)28(17-32(36)40)35-34(42)30(39)16-26(45-35)21-37-18-23-15-24(20-37)29-6-4-8-33(41)38(29)19-23/h2-12,16,23-24,28,42H,13-15,17-21H2,1H3,(H2,36,40)/t23-,24+,28+/m1/s1. The first-order valence-electron chi connectivity index (χ1n) is 15.2. The molecule has 0 unspecified atom stereocenters. The molecule has 0 saturated carbocycles. The Bertz CT molecular complexity index is 1800. The van der Waals surface area contributed by atoms with E-state index in [-0.39, 0.29) is 23.7 Å². The normalized spacial score (nSPS) is 18.2. The zero-order chi connectivity index (χ0) is 31.5. The molecule has 10 nitrogen and oxygen atoms in total. The number of nitrogens with two attached hydrogens (primary N) is 1. The molecule has 1 fully saturated rings. The van der Waals surface area contributed by atoms with Crippen molar-refractivity contribution in [2.45, 2.75) is 44.2 Å². The Morgan fingerprint density at radius 3 is 2.62 bits per heavy atom. The predicted molar refractivity (Wildman–Crippen MR) is 168 cm³/mol. The second-order valence-electron chi connectivity index (χ2n) is 11.9. The number of piperidine rings is 1. The largest absolute Gasteiger partial charge is 0.502 e. The van der Waals surface area contributed by atoms with Gasteiger partial charge in [-0.3, -0.25) is 19.3 Å². The Hall–Kier alpha value is -4.83. The number of fused-ring (bicyclic) bond motifs is 4. The molecule has 0 radical (unpaired) electrons. The van der Waals surface area contributed by atoms with Crippen molar-refractivity contribution < 1.29 is 23.8 Å². The van der Waals surface area contributed by atoms with E-state index in [4.69, 9.17) is 19.6 Å². The minimum atomic E-state index is -0.841. The number of carbonyl (C=O) groups excluding carboxylic acids is 1. The van der Waals surface area contributed by atoms with Gasteiger partial charge in [0, 0.05) is 61.8 Å². The van der Waals surface area contributed by atoms with Crippen LogP contribution in [0.2, 0.25) is 0 Å². The zero-order valence-corrected chi connectivity index (χ0v) is 25.2. The summed E-state index contributed by atoms with van der Waals surface area (Å²) in [4.78, 5) is 40.0. The molecule has 0 spiro atoms. The maximum Gasteiger partial charge on any atom is 0.250 e. The number of para-hydroxylation sites is 1. The van der Waals surface area contributed by atoms with E-state index in [1.54, 1.807) is 37.4 Å². The van der Waals surface area contributed by atoms with Gasteiger partial charge in [0.2, 0.25) is 17.1 Å². The van der Waals surface area contributed by atoms with Crippen LogP contribution in [0, 0.1) is 5.92 Å². The van der Waals surface area contributed by atoms with Crippen LogP contribution in [0.4, 0.5) is 0 Å². The Morgan fingerprint density at radius 1 is 1.04 bits per heavy atom.